The Morgan fingerprint density at radius 3 is 2.33 bits per heavy atom. The van der Waals surface area contributed by atoms with Crippen LogP contribution in [0, 0.1) is 6.92 Å². The van der Waals surface area contributed by atoms with E-state index in [2.05, 4.69) is 5.32 Å². The lowest BCUT2D eigenvalue weighted by Crippen LogP contribution is -2.75. The van der Waals surface area contributed by atoms with Crippen LogP contribution in [0.1, 0.15) is 34.5 Å². The molecule has 0 bridgehead atoms. The number of benzene rings is 3. The average Bonchev–Trinajstić information content (AvgIpc) is 2.84. The van der Waals surface area contributed by atoms with Gasteiger partial charge in [-0.25, -0.2) is 0 Å². The van der Waals surface area contributed by atoms with E-state index in [1.165, 1.54) is 6.26 Å². The molecule has 1 aliphatic rings. The summed E-state index contributed by atoms with van der Waals surface area (Å²) in [5, 5.41) is 3.31. The molecule has 2 atom stereocenters. The normalized spacial score (nSPS) is 19.9. The second-order valence-corrected chi connectivity index (χ2v) is 8.45. The maximum Gasteiger partial charge on any atom is 0.255 e. The van der Waals surface area contributed by atoms with E-state index < -0.39 is 11.6 Å². The number of nitrogens with one attached hydrogen (secondary N) is 1. The Morgan fingerprint density at radius 1 is 0.939 bits per heavy atom. The van der Waals surface area contributed by atoms with Crippen LogP contribution < -0.4 is 15.6 Å². The van der Waals surface area contributed by atoms with Gasteiger partial charge in [0, 0.05) is 11.3 Å². The maximum atomic E-state index is 13.5. The van der Waals surface area contributed by atoms with Crippen LogP contribution in [0.5, 0.6) is 0 Å². The van der Waals surface area contributed by atoms with Crippen LogP contribution in [0.2, 0.25) is 0 Å². The molecule has 6 nitrogen and oxygen atoms in total. The van der Waals surface area contributed by atoms with Crippen molar-refractivity contribution in [2.75, 3.05) is 4.90 Å². The Morgan fingerprint density at radius 2 is 1.61 bits per heavy atom. The van der Waals surface area contributed by atoms with Gasteiger partial charge in [0.25, 0.3) is 11.8 Å². The SMILES string of the molecule is Cc1ccc(N2C(=O)C(C)(NC(=O)c3ccccc3)C2c2coc3ccccc3c2=O)cc1. The summed E-state index contributed by atoms with van der Waals surface area (Å²) in [5.41, 5.74) is 1.35. The number of amides is 2. The van der Waals surface area contributed by atoms with E-state index in [1.54, 1.807) is 60.4 Å². The highest BCUT2D eigenvalue weighted by Crippen LogP contribution is 2.45. The van der Waals surface area contributed by atoms with Gasteiger partial charge in [0.1, 0.15) is 23.4 Å². The third-order valence-corrected chi connectivity index (χ3v) is 6.19. The summed E-state index contributed by atoms with van der Waals surface area (Å²) in [4.78, 5) is 41.4. The Bertz CT molecular complexity index is 1430. The van der Waals surface area contributed by atoms with Gasteiger partial charge in [-0.2, -0.15) is 0 Å². The monoisotopic (exact) mass is 438 g/mol. The fourth-order valence-corrected chi connectivity index (χ4v) is 4.40. The van der Waals surface area contributed by atoms with Gasteiger partial charge in [-0.15, -0.1) is 0 Å². The Labute approximate surface area is 190 Å². The molecule has 0 aliphatic carbocycles. The van der Waals surface area contributed by atoms with Crippen LogP contribution in [0.15, 0.2) is 94.3 Å². The van der Waals surface area contributed by atoms with Crippen LogP contribution in [-0.4, -0.2) is 17.4 Å². The lowest BCUT2D eigenvalue weighted by atomic mass is 9.75. The molecule has 1 fully saturated rings. The summed E-state index contributed by atoms with van der Waals surface area (Å²) < 4.78 is 5.75. The molecule has 2 heterocycles. The van der Waals surface area contributed by atoms with Gasteiger partial charge in [-0.3, -0.25) is 19.3 Å². The average molecular weight is 438 g/mol. The molecule has 0 spiro atoms. The number of anilines is 1. The van der Waals surface area contributed by atoms with Gasteiger partial charge < -0.3 is 9.73 Å². The Kier molecular flexibility index (Phi) is 4.86. The second kappa shape index (κ2) is 7.74. The van der Waals surface area contributed by atoms with Crippen LogP contribution in [0.25, 0.3) is 11.0 Å². The van der Waals surface area contributed by atoms with Crippen LogP contribution >= 0.6 is 0 Å². The molecular formula is C27H22N2O4. The predicted molar refractivity (Wildman–Crippen MR) is 126 cm³/mol. The van der Waals surface area contributed by atoms with Crippen molar-refractivity contribution in [1.82, 2.24) is 5.32 Å². The standard InChI is InChI=1S/C27H22N2O4/c1-17-12-14-19(15-13-17)29-24(21-16-33-22-11-7-6-10-20(22)23(21)30)27(2,26(29)32)28-25(31)18-8-4-3-5-9-18/h3-16,24H,1-2H3,(H,28,31). The first-order chi connectivity index (χ1) is 15.9. The van der Waals surface area contributed by atoms with Gasteiger partial charge in [0.15, 0.2) is 5.43 Å². The fourth-order valence-electron chi connectivity index (χ4n) is 4.40. The number of carbonyl (C=O) groups excluding carboxylic acids is 2. The summed E-state index contributed by atoms with van der Waals surface area (Å²) in [6.07, 6.45) is 1.40. The number of nitrogens with zero attached hydrogens (tertiary/aromatic N) is 1. The maximum absolute atomic E-state index is 13.5. The molecule has 1 N–H and O–H groups in total. The minimum absolute atomic E-state index is 0.230. The van der Waals surface area contributed by atoms with Crippen LogP contribution in [-0.2, 0) is 4.79 Å². The van der Waals surface area contributed by atoms with Crippen molar-refractivity contribution in [3.63, 3.8) is 0 Å². The van der Waals surface area contributed by atoms with Crippen molar-refractivity contribution in [2.24, 2.45) is 0 Å². The van der Waals surface area contributed by atoms with Crippen LogP contribution in [0.4, 0.5) is 5.69 Å². The molecule has 1 aliphatic heterocycles. The minimum atomic E-state index is -1.32. The number of para-hydroxylation sites is 1. The summed E-state index contributed by atoms with van der Waals surface area (Å²) in [6, 6.07) is 22.4. The van der Waals surface area contributed by atoms with E-state index in [-0.39, 0.29) is 17.2 Å². The molecular weight excluding hydrogens is 416 g/mol. The van der Waals surface area contributed by atoms with Gasteiger partial charge in [0.05, 0.1) is 10.9 Å². The van der Waals surface area contributed by atoms with Crippen molar-refractivity contribution < 1.29 is 14.0 Å². The highest BCUT2D eigenvalue weighted by molar-refractivity contribution is 6.12. The molecule has 1 aromatic heterocycles. The van der Waals surface area contributed by atoms with Crippen molar-refractivity contribution in [1.29, 1.82) is 0 Å². The zero-order chi connectivity index (χ0) is 23.2. The molecule has 164 valence electrons. The van der Waals surface area contributed by atoms with Gasteiger partial charge >= 0.3 is 0 Å². The third kappa shape index (κ3) is 3.31. The van der Waals surface area contributed by atoms with Crippen molar-refractivity contribution in [3.05, 3.63) is 112 Å². The minimum Gasteiger partial charge on any atom is -0.464 e. The molecule has 6 heteroatoms. The number of rotatable bonds is 4. The lowest BCUT2D eigenvalue weighted by molar-refractivity contribution is -0.133. The smallest absolute Gasteiger partial charge is 0.255 e. The molecule has 5 rings (SSSR count). The van der Waals surface area contributed by atoms with E-state index in [9.17, 15) is 14.4 Å². The first-order valence-corrected chi connectivity index (χ1v) is 10.7. The predicted octanol–water partition coefficient (Wildman–Crippen LogP) is 4.38. The zero-order valence-electron chi connectivity index (χ0n) is 18.2. The molecule has 2 amide bonds. The van der Waals surface area contributed by atoms with E-state index >= 15 is 0 Å². The Balaban J connectivity index is 1.62. The molecule has 4 aromatic rings. The number of carbonyl (C=O) groups is 2. The molecule has 0 radical (unpaired) electrons. The van der Waals surface area contributed by atoms with Crippen molar-refractivity contribution in [2.45, 2.75) is 25.4 Å². The fraction of sp³-hybridized carbons (Fsp3) is 0.148. The number of fused-ring (bicyclic) bond motifs is 1. The lowest BCUT2D eigenvalue weighted by Gasteiger charge is -2.54. The third-order valence-electron chi connectivity index (χ3n) is 6.19. The summed E-state index contributed by atoms with van der Waals surface area (Å²) in [5.74, 6) is -0.682. The van der Waals surface area contributed by atoms with E-state index in [0.29, 0.717) is 27.8 Å². The molecule has 33 heavy (non-hydrogen) atoms. The quantitative estimate of drug-likeness (QED) is 0.480. The number of hydrogen-bond acceptors (Lipinski definition) is 4. The van der Waals surface area contributed by atoms with Crippen molar-refractivity contribution in [3.8, 4) is 0 Å². The Hall–Kier alpha value is -4.19. The van der Waals surface area contributed by atoms with Gasteiger partial charge in [-0.1, -0.05) is 48.0 Å². The highest BCUT2D eigenvalue weighted by Gasteiger charge is 2.60. The molecule has 2 unspecified atom stereocenters. The van der Waals surface area contributed by atoms with Crippen LogP contribution in [0.3, 0.4) is 0 Å². The highest BCUT2D eigenvalue weighted by atomic mass is 16.3. The summed E-state index contributed by atoms with van der Waals surface area (Å²) >= 11 is 0. The van der Waals surface area contributed by atoms with Gasteiger partial charge in [-0.05, 0) is 50.2 Å². The first kappa shape index (κ1) is 20.7. The number of hydrogen-bond donors (Lipinski definition) is 1. The summed E-state index contributed by atoms with van der Waals surface area (Å²) in [6.45, 7) is 3.61. The van der Waals surface area contributed by atoms with E-state index in [4.69, 9.17) is 4.42 Å². The number of aryl methyl sites for hydroxylation is 1. The largest absolute Gasteiger partial charge is 0.464 e. The zero-order valence-corrected chi connectivity index (χ0v) is 18.2. The molecule has 3 aromatic carbocycles. The van der Waals surface area contributed by atoms with Crippen molar-refractivity contribution >= 4 is 28.5 Å². The topological polar surface area (TPSA) is 79.6 Å². The summed E-state index contributed by atoms with van der Waals surface area (Å²) in [7, 11) is 0. The second-order valence-electron chi connectivity index (χ2n) is 8.45. The molecule has 0 saturated carbocycles. The molecule has 1 saturated heterocycles. The van der Waals surface area contributed by atoms with E-state index in [0.717, 1.165) is 5.56 Å². The van der Waals surface area contributed by atoms with E-state index in [1.807, 2.05) is 37.3 Å². The first-order valence-electron chi connectivity index (χ1n) is 10.7. The van der Waals surface area contributed by atoms with Gasteiger partial charge in [0.2, 0.25) is 0 Å². The number of β-lactam (4-membered cyclic amide) rings is 1.